The lowest BCUT2D eigenvalue weighted by Crippen LogP contribution is -2.54. The molecule has 1 aromatic rings. The topological polar surface area (TPSA) is 50.2 Å². The highest BCUT2D eigenvalue weighted by Gasteiger charge is 2.28. The molecule has 1 fully saturated rings. The maximum absolute atomic E-state index is 12.2. The molecule has 1 aliphatic heterocycles. The number of nitrogens with zero attached hydrogens (tertiary/aromatic N) is 3. The average Bonchev–Trinajstić information content (AvgIpc) is 2.58. The van der Waals surface area contributed by atoms with Crippen LogP contribution >= 0.6 is 15.9 Å². The van der Waals surface area contributed by atoms with Crippen molar-refractivity contribution < 1.29 is 4.79 Å². The van der Waals surface area contributed by atoms with Gasteiger partial charge in [0.25, 0.3) is 0 Å². The maximum atomic E-state index is 12.2. The molecule has 1 N–H and O–H groups in total. The van der Waals surface area contributed by atoms with Gasteiger partial charge in [-0.05, 0) is 29.3 Å². The van der Waals surface area contributed by atoms with E-state index < -0.39 is 0 Å². The number of hydrogen-bond donors (Lipinski definition) is 1. The normalized spacial score (nSPS) is 20.6. The summed E-state index contributed by atoms with van der Waals surface area (Å²) in [6, 6.07) is -0.0353. The lowest BCUT2D eigenvalue weighted by molar-refractivity contribution is -0.136. The summed E-state index contributed by atoms with van der Waals surface area (Å²) in [6.07, 6.45) is 0.834. The van der Waals surface area contributed by atoms with Gasteiger partial charge in [0.15, 0.2) is 0 Å². The van der Waals surface area contributed by atoms with Gasteiger partial charge < -0.3 is 10.2 Å². The van der Waals surface area contributed by atoms with Crippen molar-refractivity contribution in [2.75, 3.05) is 13.1 Å². The fourth-order valence-electron chi connectivity index (χ4n) is 2.30. The number of rotatable bonds is 3. The van der Waals surface area contributed by atoms with E-state index in [2.05, 4.69) is 26.3 Å². The molecule has 5 nitrogen and oxygen atoms in total. The third kappa shape index (κ3) is 2.44. The molecule has 1 saturated heterocycles. The first kappa shape index (κ1) is 13.5. The van der Waals surface area contributed by atoms with Crippen LogP contribution in [-0.4, -0.2) is 39.7 Å². The minimum Gasteiger partial charge on any atom is -0.334 e. The molecule has 0 aliphatic carbocycles. The fourth-order valence-corrected chi connectivity index (χ4v) is 2.76. The van der Waals surface area contributed by atoms with Crippen molar-refractivity contribution in [2.45, 2.75) is 32.9 Å². The molecule has 6 heteroatoms. The second kappa shape index (κ2) is 5.40. The standard InChI is InChI=1S/C12H19BrN4O/c1-4-9-12(18)17(6-5-14-9)7-10-11(13)8(2)15-16(10)3/h9,14H,4-7H2,1-3H3. The van der Waals surface area contributed by atoms with Crippen LogP contribution in [0, 0.1) is 6.92 Å². The average molecular weight is 315 g/mol. The van der Waals surface area contributed by atoms with Crippen molar-refractivity contribution in [3.8, 4) is 0 Å². The van der Waals surface area contributed by atoms with Crippen molar-refractivity contribution in [2.24, 2.45) is 7.05 Å². The van der Waals surface area contributed by atoms with E-state index in [-0.39, 0.29) is 11.9 Å². The molecule has 1 unspecified atom stereocenters. The van der Waals surface area contributed by atoms with Crippen LogP contribution in [0.5, 0.6) is 0 Å². The number of aryl methyl sites for hydroxylation is 2. The van der Waals surface area contributed by atoms with Crippen molar-refractivity contribution in [1.29, 1.82) is 0 Å². The van der Waals surface area contributed by atoms with Gasteiger partial charge in [0.2, 0.25) is 5.91 Å². The molecular weight excluding hydrogens is 296 g/mol. The molecule has 0 aromatic carbocycles. The van der Waals surface area contributed by atoms with Gasteiger partial charge in [-0.15, -0.1) is 0 Å². The van der Waals surface area contributed by atoms with Crippen LogP contribution < -0.4 is 5.32 Å². The highest BCUT2D eigenvalue weighted by atomic mass is 79.9. The lowest BCUT2D eigenvalue weighted by Gasteiger charge is -2.32. The third-order valence-electron chi connectivity index (χ3n) is 3.39. The van der Waals surface area contributed by atoms with Gasteiger partial charge in [0.05, 0.1) is 28.4 Å². The monoisotopic (exact) mass is 314 g/mol. The number of piperazine rings is 1. The number of carbonyl (C=O) groups is 1. The number of aromatic nitrogens is 2. The van der Waals surface area contributed by atoms with E-state index in [1.54, 1.807) is 0 Å². The van der Waals surface area contributed by atoms with Gasteiger partial charge in [-0.2, -0.15) is 5.10 Å². The Morgan fingerprint density at radius 3 is 2.83 bits per heavy atom. The minimum atomic E-state index is -0.0353. The van der Waals surface area contributed by atoms with E-state index in [1.807, 2.05) is 30.5 Å². The Hall–Kier alpha value is -0.880. The number of carbonyl (C=O) groups excluding carboxylic acids is 1. The van der Waals surface area contributed by atoms with E-state index in [0.717, 1.165) is 35.4 Å². The Kier molecular flexibility index (Phi) is 4.07. The zero-order chi connectivity index (χ0) is 13.3. The predicted molar refractivity (Wildman–Crippen MR) is 73.1 cm³/mol. The summed E-state index contributed by atoms with van der Waals surface area (Å²) in [5.74, 6) is 0.189. The van der Waals surface area contributed by atoms with Gasteiger partial charge in [-0.25, -0.2) is 0 Å². The number of hydrogen-bond acceptors (Lipinski definition) is 3. The molecule has 1 amide bonds. The molecule has 100 valence electrons. The van der Waals surface area contributed by atoms with Crippen molar-refractivity contribution in [1.82, 2.24) is 20.0 Å². The van der Waals surface area contributed by atoms with Crippen LogP contribution in [0.15, 0.2) is 4.47 Å². The van der Waals surface area contributed by atoms with E-state index in [1.165, 1.54) is 0 Å². The van der Waals surface area contributed by atoms with Gasteiger partial charge in [-0.3, -0.25) is 9.48 Å². The zero-order valence-electron chi connectivity index (χ0n) is 11.0. The summed E-state index contributed by atoms with van der Waals surface area (Å²) >= 11 is 3.54. The number of nitrogens with one attached hydrogen (secondary N) is 1. The summed E-state index contributed by atoms with van der Waals surface area (Å²) in [5.41, 5.74) is 2.01. The Morgan fingerprint density at radius 2 is 2.28 bits per heavy atom. The van der Waals surface area contributed by atoms with Gasteiger partial charge in [0, 0.05) is 20.1 Å². The quantitative estimate of drug-likeness (QED) is 0.912. The van der Waals surface area contributed by atoms with E-state index in [9.17, 15) is 4.79 Å². The molecule has 18 heavy (non-hydrogen) atoms. The first-order chi connectivity index (χ1) is 8.54. The van der Waals surface area contributed by atoms with Crippen LogP contribution in [0.2, 0.25) is 0 Å². The Bertz CT molecular complexity index is 457. The number of halogens is 1. The van der Waals surface area contributed by atoms with Gasteiger partial charge in [-0.1, -0.05) is 6.92 Å². The van der Waals surface area contributed by atoms with Crippen LogP contribution in [0.4, 0.5) is 0 Å². The summed E-state index contributed by atoms with van der Waals surface area (Å²) in [4.78, 5) is 14.1. The van der Waals surface area contributed by atoms with Crippen LogP contribution in [0.25, 0.3) is 0 Å². The first-order valence-corrected chi connectivity index (χ1v) is 7.04. The van der Waals surface area contributed by atoms with E-state index in [0.29, 0.717) is 6.54 Å². The molecule has 0 bridgehead atoms. The van der Waals surface area contributed by atoms with Gasteiger partial charge >= 0.3 is 0 Å². The molecule has 0 saturated carbocycles. The van der Waals surface area contributed by atoms with Crippen molar-refractivity contribution in [3.05, 3.63) is 15.9 Å². The predicted octanol–water partition coefficient (Wildman–Crippen LogP) is 1.20. The molecule has 2 heterocycles. The summed E-state index contributed by atoms with van der Waals surface area (Å²) in [6.45, 7) is 6.23. The van der Waals surface area contributed by atoms with Crippen LogP contribution in [-0.2, 0) is 18.4 Å². The van der Waals surface area contributed by atoms with Gasteiger partial charge in [0.1, 0.15) is 0 Å². The maximum Gasteiger partial charge on any atom is 0.240 e. The third-order valence-corrected chi connectivity index (χ3v) is 4.42. The SMILES string of the molecule is CCC1NCCN(Cc2c(Br)c(C)nn2C)C1=O. The molecule has 1 aromatic heterocycles. The fraction of sp³-hybridized carbons (Fsp3) is 0.667. The number of amides is 1. The summed E-state index contributed by atoms with van der Waals surface area (Å²) < 4.78 is 2.85. The first-order valence-electron chi connectivity index (χ1n) is 6.24. The molecule has 2 rings (SSSR count). The van der Waals surface area contributed by atoms with Crippen molar-refractivity contribution >= 4 is 21.8 Å². The highest BCUT2D eigenvalue weighted by molar-refractivity contribution is 9.10. The highest BCUT2D eigenvalue weighted by Crippen LogP contribution is 2.22. The van der Waals surface area contributed by atoms with E-state index in [4.69, 9.17) is 0 Å². The van der Waals surface area contributed by atoms with Crippen LogP contribution in [0.1, 0.15) is 24.7 Å². The minimum absolute atomic E-state index is 0.0353. The molecule has 1 atom stereocenters. The smallest absolute Gasteiger partial charge is 0.240 e. The zero-order valence-corrected chi connectivity index (χ0v) is 12.6. The summed E-state index contributed by atoms with van der Waals surface area (Å²) in [5, 5.41) is 7.60. The largest absolute Gasteiger partial charge is 0.334 e. The lowest BCUT2D eigenvalue weighted by atomic mass is 10.1. The Labute approximate surface area is 116 Å². The van der Waals surface area contributed by atoms with Crippen molar-refractivity contribution in [3.63, 3.8) is 0 Å². The Balaban J connectivity index is 2.15. The molecular formula is C12H19BrN4O. The van der Waals surface area contributed by atoms with Crippen LogP contribution in [0.3, 0.4) is 0 Å². The molecule has 1 aliphatic rings. The second-order valence-corrected chi connectivity index (χ2v) is 5.44. The molecule has 0 spiro atoms. The second-order valence-electron chi connectivity index (χ2n) is 4.64. The van der Waals surface area contributed by atoms with E-state index >= 15 is 0 Å². The Morgan fingerprint density at radius 1 is 1.56 bits per heavy atom. The molecule has 0 radical (unpaired) electrons. The summed E-state index contributed by atoms with van der Waals surface area (Å²) in [7, 11) is 1.91.